The molecule has 0 amide bonds. The van der Waals surface area contributed by atoms with E-state index in [0.717, 1.165) is 16.7 Å². The van der Waals surface area contributed by atoms with Gasteiger partial charge in [0.25, 0.3) is 0 Å². The van der Waals surface area contributed by atoms with Crippen LogP contribution in [-0.2, 0) is 62.8 Å². The number of carbonyl (C=O) groups excluding carboxylic acids is 6. The number of methoxy groups -OCH3 is 3. The molecular weight excluding hydrogens is 913 g/mol. The van der Waals surface area contributed by atoms with E-state index in [-0.39, 0.29) is 73.4 Å². The molecule has 0 radical (unpaired) electrons. The van der Waals surface area contributed by atoms with E-state index in [4.69, 9.17) is 42.6 Å². The number of esters is 6. The molecule has 0 aliphatic carbocycles. The summed E-state index contributed by atoms with van der Waals surface area (Å²) in [7, 11) is 4.50. The van der Waals surface area contributed by atoms with Gasteiger partial charge >= 0.3 is 35.8 Å². The van der Waals surface area contributed by atoms with Crippen LogP contribution in [0.3, 0.4) is 0 Å². The van der Waals surface area contributed by atoms with E-state index in [1.807, 2.05) is 18.8 Å². The fourth-order valence-corrected chi connectivity index (χ4v) is 5.81. The maximum Gasteiger partial charge on any atom is 0.312 e. The van der Waals surface area contributed by atoms with E-state index < -0.39 is 0 Å². The second kappa shape index (κ2) is 33.4. The first-order valence-corrected chi connectivity index (χ1v) is 25.2. The number of thioether (sulfide) groups is 3. The Hall–Kier alpha value is -5.07. The Bertz CT molecular complexity index is 1760. The summed E-state index contributed by atoms with van der Waals surface area (Å²) in [5.74, 6) is 2.39. The second-order valence-electron chi connectivity index (χ2n) is 14.9. The van der Waals surface area contributed by atoms with Gasteiger partial charge in [0.15, 0.2) is 34.5 Å². The average Bonchev–Trinajstić information content (AvgIpc) is 3.30. The average molecular weight is 979 g/mol. The minimum Gasteiger partial charge on any atom is -0.493 e. The predicted octanol–water partition coefficient (Wildman–Crippen LogP) is 9.16. The number of rotatable bonds is 24. The van der Waals surface area contributed by atoms with Crippen molar-refractivity contribution < 1.29 is 71.4 Å². The van der Waals surface area contributed by atoms with Crippen molar-refractivity contribution in [3.63, 3.8) is 0 Å². The first-order valence-electron chi connectivity index (χ1n) is 21.0. The van der Waals surface area contributed by atoms with Crippen LogP contribution in [0.1, 0.15) is 77.5 Å². The minimum absolute atomic E-state index is 0.161. The van der Waals surface area contributed by atoms with Crippen molar-refractivity contribution in [3.05, 3.63) is 71.3 Å². The van der Waals surface area contributed by atoms with Gasteiger partial charge in [0, 0.05) is 17.3 Å². The van der Waals surface area contributed by atoms with Crippen LogP contribution >= 0.6 is 35.3 Å². The van der Waals surface area contributed by atoms with Crippen molar-refractivity contribution in [1.29, 1.82) is 0 Å². The summed E-state index contributed by atoms with van der Waals surface area (Å²) in [6.07, 6.45) is 6.83. The van der Waals surface area contributed by atoms with Gasteiger partial charge in [-0.15, -0.1) is 0 Å². The van der Waals surface area contributed by atoms with E-state index in [9.17, 15) is 28.8 Å². The smallest absolute Gasteiger partial charge is 0.312 e. The molecule has 0 fully saturated rings. The first-order chi connectivity index (χ1) is 31.4. The highest BCUT2D eigenvalue weighted by Crippen LogP contribution is 2.31. The summed E-state index contributed by atoms with van der Waals surface area (Å²) in [6, 6.07) is 15.3. The highest BCUT2D eigenvalue weighted by Gasteiger charge is 2.16. The Morgan fingerprint density at radius 3 is 0.848 bits per heavy atom. The molecule has 0 aliphatic heterocycles. The largest absolute Gasteiger partial charge is 0.493 e. The third-order valence-electron chi connectivity index (χ3n) is 8.44. The van der Waals surface area contributed by atoms with Crippen LogP contribution < -0.4 is 28.4 Å². The van der Waals surface area contributed by atoms with Gasteiger partial charge < -0.3 is 42.6 Å². The number of hydrogen-bond donors (Lipinski definition) is 0. The van der Waals surface area contributed by atoms with Crippen LogP contribution in [0.15, 0.2) is 54.6 Å². The summed E-state index contributed by atoms with van der Waals surface area (Å²) in [6.45, 7) is 11.1. The zero-order valence-corrected chi connectivity index (χ0v) is 42.6. The number of ether oxygens (including phenoxy) is 9. The third-order valence-corrected chi connectivity index (χ3v) is 10.3. The van der Waals surface area contributed by atoms with E-state index in [2.05, 4.69) is 0 Å². The van der Waals surface area contributed by atoms with Gasteiger partial charge in [0.05, 0.1) is 58.3 Å². The maximum atomic E-state index is 11.7. The van der Waals surface area contributed by atoms with Crippen LogP contribution in [0, 0.1) is 17.8 Å². The molecule has 15 nitrogen and oxygen atoms in total. The van der Waals surface area contributed by atoms with Crippen molar-refractivity contribution in [1.82, 2.24) is 0 Å². The molecule has 66 heavy (non-hydrogen) atoms. The standard InChI is InChI=1S/3C16H22O5S/c3*1-11(2)16(18)20-10-12-5-6-13(14(9-12)19-3)21-15(17)7-8-22-4/h3*5-6,9,11H,7-8,10H2,1-4H3. The number of benzene rings is 3. The Balaban J connectivity index is 0.000000495. The molecule has 3 aromatic carbocycles. The van der Waals surface area contributed by atoms with Gasteiger partial charge in [-0.1, -0.05) is 59.7 Å². The topological polar surface area (TPSA) is 185 Å². The van der Waals surface area contributed by atoms with Crippen LogP contribution in [0.5, 0.6) is 34.5 Å². The maximum absolute atomic E-state index is 11.7. The highest BCUT2D eigenvalue weighted by molar-refractivity contribution is 7.99. The summed E-state index contributed by atoms with van der Waals surface area (Å²) in [5.41, 5.74) is 2.32. The van der Waals surface area contributed by atoms with Gasteiger partial charge in [-0.2, -0.15) is 35.3 Å². The summed E-state index contributed by atoms with van der Waals surface area (Å²) in [4.78, 5) is 69.3. The molecule has 0 saturated carbocycles. The molecule has 0 aromatic heterocycles. The highest BCUT2D eigenvalue weighted by atomic mass is 32.2. The molecule has 0 atom stereocenters. The molecule has 0 bridgehead atoms. The molecule has 0 aliphatic rings. The molecule has 0 spiro atoms. The van der Waals surface area contributed by atoms with E-state index in [0.29, 0.717) is 71.0 Å². The molecule has 0 N–H and O–H groups in total. The molecule has 0 unspecified atom stereocenters. The minimum atomic E-state index is -0.299. The molecular formula is C48H66O15S3. The fourth-order valence-electron chi connectivity index (χ4n) is 4.70. The number of carbonyl (C=O) groups is 6. The normalized spacial score (nSPS) is 10.4. The Kier molecular flexibility index (Phi) is 29.8. The van der Waals surface area contributed by atoms with Gasteiger partial charge in [-0.25, -0.2) is 0 Å². The quantitative estimate of drug-likeness (QED) is 0.0469. The van der Waals surface area contributed by atoms with E-state index >= 15 is 0 Å². The predicted molar refractivity (Wildman–Crippen MR) is 259 cm³/mol. The molecule has 0 saturated heterocycles. The first kappa shape index (κ1) is 58.9. The van der Waals surface area contributed by atoms with Gasteiger partial charge in [-0.3, -0.25) is 28.8 Å². The van der Waals surface area contributed by atoms with Crippen LogP contribution in [0.4, 0.5) is 0 Å². The zero-order valence-electron chi connectivity index (χ0n) is 40.1. The molecule has 366 valence electrons. The van der Waals surface area contributed by atoms with Crippen molar-refractivity contribution in [2.45, 2.75) is 80.6 Å². The molecule has 3 aromatic rings. The lowest BCUT2D eigenvalue weighted by atomic mass is 10.2. The Morgan fingerprint density at radius 2 is 0.652 bits per heavy atom. The fraction of sp³-hybridized carbons (Fsp3) is 0.500. The zero-order chi connectivity index (χ0) is 49.6. The van der Waals surface area contributed by atoms with Crippen molar-refractivity contribution >= 4 is 71.1 Å². The van der Waals surface area contributed by atoms with Gasteiger partial charge in [0.1, 0.15) is 19.8 Å². The van der Waals surface area contributed by atoms with Crippen molar-refractivity contribution in [2.75, 3.05) is 57.4 Å². The molecule has 18 heteroatoms. The monoisotopic (exact) mass is 978 g/mol. The lowest BCUT2D eigenvalue weighted by Gasteiger charge is -2.12. The second-order valence-corrected chi connectivity index (χ2v) is 17.9. The lowest BCUT2D eigenvalue weighted by molar-refractivity contribution is -0.149. The lowest BCUT2D eigenvalue weighted by Crippen LogP contribution is -2.12. The molecule has 3 rings (SSSR count). The van der Waals surface area contributed by atoms with E-state index in [1.54, 1.807) is 131 Å². The molecule has 0 heterocycles. The van der Waals surface area contributed by atoms with Gasteiger partial charge in [0.2, 0.25) is 0 Å². The van der Waals surface area contributed by atoms with Crippen LogP contribution in [0.25, 0.3) is 0 Å². The van der Waals surface area contributed by atoms with Gasteiger partial charge in [-0.05, 0) is 71.9 Å². The van der Waals surface area contributed by atoms with E-state index in [1.165, 1.54) is 21.3 Å². The summed E-state index contributed by atoms with van der Waals surface area (Å²) < 4.78 is 47.0. The Morgan fingerprint density at radius 1 is 0.409 bits per heavy atom. The van der Waals surface area contributed by atoms with Crippen LogP contribution in [0.2, 0.25) is 0 Å². The summed E-state index contributed by atoms with van der Waals surface area (Å²) >= 11 is 4.75. The SMILES string of the molecule is COc1cc(COC(=O)C(C)C)ccc1OC(=O)CCSC.COc1cc(COC(=O)C(C)C)ccc1OC(=O)CCSC.COc1cc(COC(=O)C(C)C)ccc1OC(=O)CCSC. The Labute approximate surface area is 402 Å². The van der Waals surface area contributed by atoms with Crippen LogP contribution in [-0.4, -0.2) is 93.2 Å². The van der Waals surface area contributed by atoms with Crippen molar-refractivity contribution in [3.8, 4) is 34.5 Å². The van der Waals surface area contributed by atoms with Crippen molar-refractivity contribution in [2.24, 2.45) is 17.8 Å². The third kappa shape index (κ3) is 23.9. The number of hydrogen-bond acceptors (Lipinski definition) is 18. The summed E-state index contributed by atoms with van der Waals surface area (Å²) in [5, 5.41) is 0.